The van der Waals surface area contributed by atoms with E-state index in [1.54, 1.807) is 23.5 Å². The topological polar surface area (TPSA) is 93.2 Å². The SMILES string of the molecule is CCc1cnc(CCNC(=O)Nc2cc3ccccc3c(C(=O)OC)n2)s1. The third-order valence-corrected chi connectivity index (χ3v) is 5.14. The first kappa shape index (κ1) is 18.8. The first-order chi connectivity index (χ1) is 13.1. The van der Waals surface area contributed by atoms with Gasteiger partial charge in [0.15, 0.2) is 5.69 Å². The molecule has 0 aliphatic carbocycles. The summed E-state index contributed by atoms with van der Waals surface area (Å²) in [5.41, 5.74) is 0.167. The maximum absolute atomic E-state index is 12.2. The predicted octanol–water partition coefficient (Wildman–Crippen LogP) is 3.40. The molecule has 0 spiro atoms. The molecule has 2 amide bonds. The molecule has 0 bridgehead atoms. The van der Waals surface area contributed by atoms with Gasteiger partial charge in [-0.1, -0.05) is 31.2 Å². The Balaban J connectivity index is 1.66. The molecule has 2 aromatic heterocycles. The number of pyridine rings is 1. The second-order valence-electron chi connectivity index (χ2n) is 5.77. The van der Waals surface area contributed by atoms with Crippen LogP contribution < -0.4 is 10.6 Å². The molecule has 0 atom stereocenters. The van der Waals surface area contributed by atoms with E-state index in [0.717, 1.165) is 16.8 Å². The summed E-state index contributed by atoms with van der Waals surface area (Å²) in [5, 5.41) is 7.90. The van der Waals surface area contributed by atoms with Gasteiger partial charge in [-0.05, 0) is 17.9 Å². The van der Waals surface area contributed by atoms with Gasteiger partial charge in [-0.2, -0.15) is 0 Å². The Morgan fingerprint density at radius 2 is 2.07 bits per heavy atom. The molecule has 8 heteroatoms. The summed E-state index contributed by atoms with van der Waals surface area (Å²) < 4.78 is 4.79. The van der Waals surface area contributed by atoms with Crippen LogP contribution in [0.15, 0.2) is 36.5 Å². The van der Waals surface area contributed by atoms with Gasteiger partial charge in [-0.25, -0.2) is 19.6 Å². The van der Waals surface area contributed by atoms with Crippen molar-refractivity contribution in [2.45, 2.75) is 19.8 Å². The van der Waals surface area contributed by atoms with Gasteiger partial charge in [0.1, 0.15) is 5.82 Å². The van der Waals surface area contributed by atoms with E-state index in [-0.39, 0.29) is 17.5 Å². The molecule has 0 radical (unpaired) electrons. The molecule has 0 aliphatic heterocycles. The maximum Gasteiger partial charge on any atom is 0.357 e. The lowest BCUT2D eigenvalue weighted by Gasteiger charge is -2.10. The first-order valence-corrected chi connectivity index (χ1v) is 9.39. The number of fused-ring (bicyclic) bond motifs is 1. The zero-order chi connectivity index (χ0) is 19.2. The number of aryl methyl sites for hydroxylation is 1. The summed E-state index contributed by atoms with van der Waals surface area (Å²) >= 11 is 1.65. The molecule has 2 N–H and O–H groups in total. The molecule has 0 unspecified atom stereocenters. The van der Waals surface area contributed by atoms with E-state index in [0.29, 0.717) is 18.4 Å². The lowest BCUT2D eigenvalue weighted by molar-refractivity contribution is 0.0596. The van der Waals surface area contributed by atoms with Crippen LogP contribution in [-0.4, -0.2) is 35.6 Å². The summed E-state index contributed by atoms with van der Waals surface area (Å²) in [6.45, 7) is 2.54. The zero-order valence-electron chi connectivity index (χ0n) is 15.1. The van der Waals surface area contributed by atoms with Gasteiger partial charge in [-0.3, -0.25) is 5.32 Å². The minimum Gasteiger partial charge on any atom is -0.464 e. The number of rotatable bonds is 6. The van der Waals surface area contributed by atoms with E-state index in [9.17, 15) is 9.59 Å². The fraction of sp³-hybridized carbons (Fsp3) is 0.263. The Morgan fingerprint density at radius 3 is 2.81 bits per heavy atom. The lowest BCUT2D eigenvalue weighted by atomic mass is 10.1. The smallest absolute Gasteiger partial charge is 0.357 e. The van der Waals surface area contributed by atoms with Crippen LogP contribution in [-0.2, 0) is 17.6 Å². The van der Waals surface area contributed by atoms with Crippen molar-refractivity contribution >= 4 is 39.9 Å². The van der Waals surface area contributed by atoms with Crippen molar-refractivity contribution in [1.82, 2.24) is 15.3 Å². The second-order valence-corrected chi connectivity index (χ2v) is 6.97. The van der Waals surface area contributed by atoms with Crippen LogP contribution in [0, 0.1) is 0 Å². The number of carbonyl (C=O) groups excluding carboxylic acids is 2. The van der Waals surface area contributed by atoms with Crippen molar-refractivity contribution < 1.29 is 14.3 Å². The normalized spacial score (nSPS) is 10.6. The van der Waals surface area contributed by atoms with Crippen molar-refractivity contribution in [2.24, 2.45) is 0 Å². The number of urea groups is 1. The Kier molecular flexibility index (Phi) is 5.97. The summed E-state index contributed by atoms with van der Waals surface area (Å²) in [7, 11) is 1.30. The van der Waals surface area contributed by atoms with Crippen LogP contribution in [0.3, 0.4) is 0 Å². The number of aromatic nitrogens is 2. The quantitative estimate of drug-likeness (QED) is 0.635. The third-order valence-electron chi connectivity index (χ3n) is 3.94. The summed E-state index contributed by atoms with van der Waals surface area (Å²) in [5.74, 6) is -0.264. The number of hydrogen-bond acceptors (Lipinski definition) is 6. The number of ether oxygens (including phenoxy) is 1. The molecule has 140 valence electrons. The number of nitrogens with zero attached hydrogens (tertiary/aromatic N) is 2. The van der Waals surface area contributed by atoms with Gasteiger partial charge >= 0.3 is 12.0 Å². The van der Waals surface area contributed by atoms with Crippen LogP contribution in [0.4, 0.5) is 10.6 Å². The van der Waals surface area contributed by atoms with Crippen molar-refractivity contribution in [3.63, 3.8) is 0 Å². The molecule has 0 saturated heterocycles. The van der Waals surface area contributed by atoms with E-state index in [1.165, 1.54) is 12.0 Å². The molecule has 0 aliphatic rings. The number of anilines is 1. The van der Waals surface area contributed by atoms with E-state index < -0.39 is 5.97 Å². The number of hydrogen-bond donors (Lipinski definition) is 2. The highest BCUT2D eigenvalue weighted by Crippen LogP contribution is 2.21. The van der Waals surface area contributed by atoms with Crippen LogP contribution in [0.5, 0.6) is 0 Å². The Bertz CT molecular complexity index is 970. The third kappa shape index (κ3) is 4.59. The number of methoxy groups -OCH3 is 1. The monoisotopic (exact) mass is 384 g/mol. The molecular weight excluding hydrogens is 364 g/mol. The number of esters is 1. The van der Waals surface area contributed by atoms with Crippen LogP contribution >= 0.6 is 11.3 Å². The molecule has 1 aromatic carbocycles. The second kappa shape index (κ2) is 8.59. The average Bonchev–Trinajstić information content (AvgIpc) is 3.14. The summed E-state index contributed by atoms with van der Waals surface area (Å²) in [6.07, 6.45) is 3.49. The molecule has 3 aromatic rings. The maximum atomic E-state index is 12.2. The van der Waals surface area contributed by atoms with Gasteiger partial charge in [-0.15, -0.1) is 11.3 Å². The van der Waals surface area contributed by atoms with Gasteiger partial charge in [0.25, 0.3) is 0 Å². The number of nitrogens with one attached hydrogen (secondary N) is 2. The lowest BCUT2D eigenvalue weighted by Crippen LogP contribution is -2.31. The zero-order valence-corrected chi connectivity index (χ0v) is 15.9. The molecule has 2 heterocycles. The molecule has 0 saturated carbocycles. The number of benzene rings is 1. The largest absolute Gasteiger partial charge is 0.464 e. The highest BCUT2D eigenvalue weighted by Gasteiger charge is 2.15. The van der Waals surface area contributed by atoms with Gasteiger partial charge < -0.3 is 10.1 Å². The Labute approximate surface area is 160 Å². The van der Waals surface area contributed by atoms with Crippen molar-refractivity contribution in [3.8, 4) is 0 Å². The number of carbonyl (C=O) groups is 2. The fourth-order valence-corrected chi connectivity index (χ4v) is 3.45. The van der Waals surface area contributed by atoms with Crippen molar-refractivity contribution in [1.29, 1.82) is 0 Å². The number of thiazole rings is 1. The molecule has 3 rings (SSSR count). The molecule has 7 nitrogen and oxygen atoms in total. The molecule has 0 fully saturated rings. The van der Waals surface area contributed by atoms with Crippen molar-refractivity contribution in [3.05, 3.63) is 52.1 Å². The Morgan fingerprint density at radius 1 is 1.26 bits per heavy atom. The molecular formula is C19H20N4O3S. The predicted molar refractivity (Wildman–Crippen MR) is 105 cm³/mol. The fourth-order valence-electron chi connectivity index (χ4n) is 2.59. The van der Waals surface area contributed by atoms with Crippen LogP contribution in [0.25, 0.3) is 10.8 Å². The molecule has 27 heavy (non-hydrogen) atoms. The average molecular weight is 384 g/mol. The summed E-state index contributed by atoms with van der Waals surface area (Å²) in [6, 6.07) is 8.64. The number of amides is 2. The Hall–Kier alpha value is -3.00. The minimum atomic E-state index is -0.550. The summed E-state index contributed by atoms with van der Waals surface area (Å²) in [4.78, 5) is 33.9. The van der Waals surface area contributed by atoms with E-state index in [2.05, 4.69) is 27.5 Å². The van der Waals surface area contributed by atoms with Crippen molar-refractivity contribution in [2.75, 3.05) is 19.0 Å². The highest BCUT2D eigenvalue weighted by atomic mass is 32.1. The van der Waals surface area contributed by atoms with Crippen LogP contribution in [0.2, 0.25) is 0 Å². The standard InChI is InChI=1S/C19H20N4O3S/c1-3-13-11-21-16(27-13)8-9-20-19(25)23-15-10-12-6-4-5-7-14(12)17(22-15)18(24)26-2/h4-7,10-11H,3,8-9H2,1-2H3,(H2,20,22,23,25). The highest BCUT2D eigenvalue weighted by molar-refractivity contribution is 7.11. The van der Waals surface area contributed by atoms with E-state index in [1.807, 2.05) is 24.4 Å². The van der Waals surface area contributed by atoms with E-state index in [4.69, 9.17) is 4.74 Å². The van der Waals surface area contributed by atoms with Gasteiger partial charge in [0, 0.05) is 29.4 Å². The minimum absolute atomic E-state index is 0.167. The van der Waals surface area contributed by atoms with E-state index >= 15 is 0 Å². The first-order valence-electron chi connectivity index (χ1n) is 8.57. The van der Waals surface area contributed by atoms with Crippen LogP contribution in [0.1, 0.15) is 27.3 Å². The van der Waals surface area contributed by atoms with Gasteiger partial charge in [0.2, 0.25) is 0 Å². The van der Waals surface area contributed by atoms with Gasteiger partial charge in [0.05, 0.1) is 12.1 Å².